The number of halogens is 1. The molecule has 0 saturated heterocycles. The number of aliphatic hydroxyl groups is 1. The van der Waals surface area contributed by atoms with E-state index in [1.807, 2.05) is 11.3 Å². The Morgan fingerprint density at radius 1 is 1.64 bits per heavy atom. The molecule has 1 aromatic heterocycles. The normalized spacial score (nSPS) is 20.9. The van der Waals surface area contributed by atoms with E-state index in [1.165, 1.54) is 33.5 Å². The fraction of sp³-hybridized carbons (Fsp3) is 0.600. The number of rotatable bonds is 3. The summed E-state index contributed by atoms with van der Waals surface area (Å²) in [6, 6.07) is 2.67. The zero-order valence-corrected chi connectivity index (χ0v) is 10.3. The van der Waals surface area contributed by atoms with E-state index in [-0.39, 0.29) is 6.61 Å². The molecule has 78 valence electrons. The van der Waals surface area contributed by atoms with Crippen LogP contribution >= 0.6 is 27.3 Å². The first-order valence-corrected chi connectivity index (χ1v) is 6.54. The van der Waals surface area contributed by atoms with E-state index in [1.54, 1.807) is 0 Å². The maximum absolute atomic E-state index is 8.78. The van der Waals surface area contributed by atoms with Crippen LogP contribution in [0.5, 0.6) is 0 Å². The topological polar surface area (TPSA) is 32.3 Å². The van der Waals surface area contributed by atoms with Gasteiger partial charge in [-0.2, -0.15) is 0 Å². The first-order valence-electron chi connectivity index (χ1n) is 4.93. The van der Waals surface area contributed by atoms with E-state index in [9.17, 15) is 0 Å². The Balaban J connectivity index is 2.13. The molecule has 1 aliphatic carbocycles. The van der Waals surface area contributed by atoms with Gasteiger partial charge in [0.15, 0.2) is 0 Å². The van der Waals surface area contributed by atoms with Crippen molar-refractivity contribution in [2.45, 2.75) is 25.3 Å². The fourth-order valence-corrected chi connectivity index (χ4v) is 3.79. The van der Waals surface area contributed by atoms with Crippen LogP contribution in [0, 0.1) is 0 Å². The molecule has 0 spiro atoms. The lowest BCUT2D eigenvalue weighted by atomic mass is 9.94. The number of hydrogen-bond acceptors (Lipinski definition) is 3. The molecule has 1 heterocycles. The second-order valence-corrected chi connectivity index (χ2v) is 6.07. The van der Waals surface area contributed by atoms with Gasteiger partial charge in [0, 0.05) is 17.5 Å². The first-order chi connectivity index (χ1) is 6.81. The summed E-state index contributed by atoms with van der Waals surface area (Å²) in [4.78, 5) is 1.50. The Labute approximate surface area is 96.5 Å². The lowest BCUT2D eigenvalue weighted by molar-refractivity contribution is 0.280. The van der Waals surface area contributed by atoms with Crippen molar-refractivity contribution in [3.05, 3.63) is 20.3 Å². The first kappa shape index (κ1) is 10.6. The van der Waals surface area contributed by atoms with Gasteiger partial charge in [-0.1, -0.05) is 0 Å². The summed E-state index contributed by atoms with van der Waals surface area (Å²) in [5.41, 5.74) is 1.43. The molecule has 14 heavy (non-hydrogen) atoms. The van der Waals surface area contributed by atoms with Crippen LogP contribution in [-0.2, 0) is 6.42 Å². The van der Waals surface area contributed by atoms with Gasteiger partial charge in [0.1, 0.15) is 0 Å². The number of hydrogen-bond donors (Lipinski definition) is 2. The SMILES string of the molecule is OCCNC1CCCc2sc(Br)cc21. The minimum atomic E-state index is 0.219. The zero-order chi connectivity index (χ0) is 9.97. The minimum absolute atomic E-state index is 0.219. The highest BCUT2D eigenvalue weighted by Crippen LogP contribution is 2.37. The molecular formula is C10H14BrNOS. The molecule has 0 aromatic carbocycles. The molecule has 1 aliphatic rings. The highest BCUT2D eigenvalue weighted by Gasteiger charge is 2.21. The average molecular weight is 276 g/mol. The van der Waals surface area contributed by atoms with Crippen LogP contribution in [0.2, 0.25) is 0 Å². The van der Waals surface area contributed by atoms with Gasteiger partial charge in [0.25, 0.3) is 0 Å². The van der Waals surface area contributed by atoms with Crippen LogP contribution in [-0.4, -0.2) is 18.3 Å². The Morgan fingerprint density at radius 2 is 2.50 bits per heavy atom. The van der Waals surface area contributed by atoms with E-state index in [0.717, 1.165) is 0 Å². The van der Waals surface area contributed by atoms with Crippen molar-refractivity contribution in [2.24, 2.45) is 0 Å². The second kappa shape index (κ2) is 4.75. The van der Waals surface area contributed by atoms with E-state index in [4.69, 9.17) is 5.11 Å². The number of fused-ring (bicyclic) bond motifs is 1. The average Bonchev–Trinajstić information content (AvgIpc) is 2.55. The molecule has 0 aliphatic heterocycles. The van der Waals surface area contributed by atoms with Crippen molar-refractivity contribution >= 4 is 27.3 Å². The van der Waals surface area contributed by atoms with Crippen LogP contribution in [0.1, 0.15) is 29.3 Å². The summed E-state index contributed by atoms with van der Waals surface area (Å²) in [6.45, 7) is 0.911. The Morgan fingerprint density at radius 3 is 3.29 bits per heavy atom. The van der Waals surface area contributed by atoms with Crippen molar-refractivity contribution in [3.8, 4) is 0 Å². The maximum atomic E-state index is 8.78. The molecular weight excluding hydrogens is 262 g/mol. The van der Waals surface area contributed by atoms with Gasteiger partial charge < -0.3 is 10.4 Å². The zero-order valence-electron chi connectivity index (χ0n) is 7.92. The van der Waals surface area contributed by atoms with Gasteiger partial charge >= 0.3 is 0 Å². The number of aliphatic hydroxyl groups excluding tert-OH is 1. The molecule has 0 amide bonds. The van der Waals surface area contributed by atoms with Crippen LogP contribution in [0.3, 0.4) is 0 Å². The molecule has 4 heteroatoms. The van der Waals surface area contributed by atoms with Gasteiger partial charge in [0.2, 0.25) is 0 Å². The van der Waals surface area contributed by atoms with Crippen LogP contribution in [0.15, 0.2) is 9.85 Å². The molecule has 2 nitrogen and oxygen atoms in total. The highest BCUT2D eigenvalue weighted by molar-refractivity contribution is 9.11. The van der Waals surface area contributed by atoms with E-state index < -0.39 is 0 Å². The molecule has 0 saturated carbocycles. The molecule has 1 aromatic rings. The third kappa shape index (κ3) is 2.19. The van der Waals surface area contributed by atoms with Gasteiger partial charge in [-0.15, -0.1) is 11.3 Å². The molecule has 0 fully saturated rings. The monoisotopic (exact) mass is 275 g/mol. The molecule has 1 atom stereocenters. The highest BCUT2D eigenvalue weighted by atomic mass is 79.9. The Bertz CT molecular complexity index is 313. The van der Waals surface area contributed by atoms with Gasteiger partial charge in [-0.25, -0.2) is 0 Å². The number of aryl methyl sites for hydroxylation is 1. The molecule has 2 N–H and O–H groups in total. The molecule has 1 unspecified atom stereocenters. The molecule has 0 bridgehead atoms. The van der Waals surface area contributed by atoms with E-state index >= 15 is 0 Å². The van der Waals surface area contributed by atoms with Crippen molar-refractivity contribution in [1.82, 2.24) is 5.32 Å². The summed E-state index contributed by atoms with van der Waals surface area (Å²) in [5, 5.41) is 12.2. The summed E-state index contributed by atoms with van der Waals surface area (Å²) in [6.07, 6.45) is 3.65. The molecule has 2 rings (SSSR count). The maximum Gasteiger partial charge on any atom is 0.0704 e. The predicted octanol–water partition coefficient (Wildman–Crippen LogP) is 2.47. The largest absolute Gasteiger partial charge is 0.395 e. The predicted molar refractivity (Wildman–Crippen MR) is 62.8 cm³/mol. The number of thiophene rings is 1. The lowest BCUT2D eigenvalue weighted by Crippen LogP contribution is -2.26. The van der Waals surface area contributed by atoms with Crippen molar-refractivity contribution in [1.29, 1.82) is 0 Å². The summed E-state index contributed by atoms with van der Waals surface area (Å²) in [7, 11) is 0. The van der Waals surface area contributed by atoms with Crippen molar-refractivity contribution in [2.75, 3.05) is 13.2 Å². The van der Waals surface area contributed by atoms with Crippen LogP contribution < -0.4 is 5.32 Å². The second-order valence-electron chi connectivity index (χ2n) is 3.55. The van der Waals surface area contributed by atoms with Crippen molar-refractivity contribution < 1.29 is 5.11 Å². The van der Waals surface area contributed by atoms with Gasteiger partial charge in [0.05, 0.1) is 10.4 Å². The van der Waals surface area contributed by atoms with Crippen molar-refractivity contribution in [3.63, 3.8) is 0 Å². The third-order valence-corrected chi connectivity index (χ3v) is 4.30. The van der Waals surface area contributed by atoms with Gasteiger partial charge in [-0.05, 0) is 46.8 Å². The summed E-state index contributed by atoms with van der Waals surface area (Å²) < 4.78 is 1.22. The fourth-order valence-electron chi connectivity index (χ4n) is 1.97. The Hall–Kier alpha value is 0.100. The standard InChI is InChI=1S/C10H14BrNOS/c11-10-6-7-8(12-4-5-13)2-1-3-9(7)14-10/h6,8,12-13H,1-5H2. The smallest absolute Gasteiger partial charge is 0.0704 e. The lowest BCUT2D eigenvalue weighted by Gasteiger charge is -2.23. The molecule has 0 radical (unpaired) electrons. The van der Waals surface area contributed by atoms with Gasteiger partial charge in [-0.3, -0.25) is 0 Å². The van der Waals surface area contributed by atoms with E-state index in [0.29, 0.717) is 12.6 Å². The Kier molecular flexibility index (Phi) is 3.60. The quantitative estimate of drug-likeness (QED) is 0.889. The van der Waals surface area contributed by atoms with Crippen LogP contribution in [0.4, 0.5) is 0 Å². The van der Waals surface area contributed by atoms with E-state index in [2.05, 4.69) is 27.3 Å². The number of nitrogens with one attached hydrogen (secondary N) is 1. The summed E-state index contributed by atoms with van der Waals surface area (Å²) >= 11 is 5.37. The third-order valence-electron chi connectivity index (χ3n) is 2.59. The van der Waals surface area contributed by atoms with Crippen LogP contribution in [0.25, 0.3) is 0 Å². The summed E-state index contributed by atoms with van der Waals surface area (Å²) in [5.74, 6) is 0. The minimum Gasteiger partial charge on any atom is -0.395 e.